The molecular weight excluding hydrogens is 473 g/mol. The number of esters is 2. The maximum absolute atomic E-state index is 12.2. The molecule has 0 aromatic heterocycles. The Morgan fingerprint density at radius 3 is 2.31 bits per heavy atom. The van der Waals surface area contributed by atoms with Gasteiger partial charge in [0, 0.05) is 0 Å². The number of halogens is 1. The van der Waals surface area contributed by atoms with Crippen LogP contribution in [0.15, 0.2) is 30.3 Å². The van der Waals surface area contributed by atoms with Gasteiger partial charge in [0.2, 0.25) is 0 Å². The van der Waals surface area contributed by atoms with Gasteiger partial charge in [0.1, 0.15) is 12.6 Å². The van der Waals surface area contributed by atoms with E-state index >= 15 is 0 Å². The summed E-state index contributed by atoms with van der Waals surface area (Å²) in [4.78, 5) is 36.1. The monoisotopic (exact) mass is 495 g/mol. The zero-order chi connectivity index (χ0) is 19.4. The van der Waals surface area contributed by atoms with E-state index in [2.05, 4.69) is 5.32 Å². The Kier molecular flexibility index (Phi) is 11.1. The fourth-order valence-electron chi connectivity index (χ4n) is 2.01. The molecule has 1 aromatic rings. The summed E-state index contributed by atoms with van der Waals surface area (Å²) < 4.78 is 15.1. The van der Waals surface area contributed by atoms with Crippen molar-refractivity contribution in [3.8, 4) is 0 Å². The van der Waals surface area contributed by atoms with Crippen LogP contribution in [0.3, 0.4) is 0 Å². The highest BCUT2D eigenvalue weighted by molar-refractivity contribution is 14.2. The molecular formula is C17H22INO6S. The summed E-state index contributed by atoms with van der Waals surface area (Å²) in [5, 5.41) is 1.96. The molecule has 0 saturated heterocycles. The smallest absolute Gasteiger partial charge is 0.408 e. The molecule has 9 heteroatoms. The van der Waals surface area contributed by atoms with Gasteiger partial charge in [-0.05, 0) is 40.6 Å². The summed E-state index contributed by atoms with van der Waals surface area (Å²) >= 11 is 1.97. The van der Waals surface area contributed by atoms with E-state index in [4.69, 9.17) is 14.2 Å². The Hall–Kier alpha value is -1.49. The molecule has 0 spiro atoms. The molecule has 2 unspecified atom stereocenters. The minimum absolute atomic E-state index is 0.0378. The van der Waals surface area contributed by atoms with Crippen molar-refractivity contribution in [3.05, 3.63) is 35.9 Å². The molecule has 0 aliphatic heterocycles. The van der Waals surface area contributed by atoms with Crippen molar-refractivity contribution >= 4 is 48.2 Å². The Labute approximate surface area is 169 Å². The number of rotatable bonds is 10. The molecule has 1 rings (SSSR count). The van der Waals surface area contributed by atoms with Gasteiger partial charge in [0.25, 0.3) is 0 Å². The number of amides is 1. The minimum Gasteiger partial charge on any atom is -0.466 e. The number of benzene rings is 1. The molecule has 1 aromatic carbocycles. The molecule has 0 aliphatic rings. The SMILES string of the molecule is CCOC(=O)CC(SI)C(NC(=O)OCc1ccccc1)C(=O)OCC. The van der Waals surface area contributed by atoms with Crippen LogP contribution in [-0.4, -0.2) is 42.5 Å². The third kappa shape index (κ3) is 8.26. The summed E-state index contributed by atoms with van der Waals surface area (Å²) in [6.07, 6.45) is -0.796. The summed E-state index contributed by atoms with van der Waals surface area (Å²) in [6.45, 7) is 3.84. The number of hydrogen-bond donors (Lipinski definition) is 1. The van der Waals surface area contributed by atoms with E-state index in [1.807, 2.05) is 51.5 Å². The van der Waals surface area contributed by atoms with Crippen molar-refractivity contribution in [2.24, 2.45) is 0 Å². The minimum atomic E-state index is -1.02. The van der Waals surface area contributed by atoms with E-state index in [9.17, 15) is 14.4 Å². The second-order valence-electron chi connectivity index (χ2n) is 5.07. The highest BCUT2D eigenvalue weighted by Gasteiger charge is 2.33. The fourth-order valence-corrected chi connectivity index (χ4v) is 3.91. The van der Waals surface area contributed by atoms with Crippen LogP contribution < -0.4 is 5.32 Å². The molecule has 1 N–H and O–H groups in total. The van der Waals surface area contributed by atoms with Crippen molar-refractivity contribution in [1.82, 2.24) is 5.32 Å². The lowest BCUT2D eigenvalue weighted by molar-refractivity contribution is -0.146. The van der Waals surface area contributed by atoms with Gasteiger partial charge in [-0.25, -0.2) is 9.59 Å². The average molecular weight is 495 g/mol. The molecule has 7 nitrogen and oxygen atoms in total. The number of ether oxygens (including phenoxy) is 3. The summed E-state index contributed by atoms with van der Waals surface area (Å²) in [6, 6.07) is 8.14. The standard InChI is InChI=1S/C17H22INO6S/c1-3-23-14(20)10-13(26-18)15(16(21)24-4-2)19-17(22)25-11-12-8-6-5-7-9-12/h5-9,13,15H,3-4,10-11H2,1-2H3,(H,19,22). The highest BCUT2D eigenvalue weighted by Crippen LogP contribution is 2.26. The molecule has 26 heavy (non-hydrogen) atoms. The van der Waals surface area contributed by atoms with Crippen molar-refractivity contribution in [1.29, 1.82) is 0 Å². The quantitative estimate of drug-likeness (QED) is 0.303. The van der Waals surface area contributed by atoms with Crippen LogP contribution in [-0.2, 0) is 30.4 Å². The van der Waals surface area contributed by atoms with Crippen molar-refractivity contribution in [2.45, 2.75) is 38.2 Å². The summed E-state index contributed by atoms with van der Waals surface area (Å²) in [7, 11) is 1.24. The van der Waals surface area contributed by atoms with Crippen LogP contribution in [0.2, 0.25) is 0 Å². The van der Waals surface area contributed by atoms with Crippen molar-refractivity contribution < 1.29 is 28.6 Å². The van der Waals surface area contributed by atoms with E-state index in [1.165, 1.54) is 8.93 Å². The number of carbonyl (C=O) groups excluding carboxylic acids is 3. The van der Waals surface area contributed by atoms with Crippen LogP contribution in [0.1, 0.15) is 25.8 Å². The van der Waals surface area contributed by atoms with Crippen LogP contribution in [0.25, 0.3) is 0 Å². The molecule has 0 saturated carbocycles. The Morgan fingerprint density at radius 1 is 1.08 bits per heavy atom. The van der Waals surface area contributed by atoms with Gasteiger partial charge in [-0.1, -0.05) is 39.3 Å². The maximum atomic E-state index is 12.2. The predicted octanol–water partition coefficient (Wildman–Crippen LogP) is 3.25. The lowest BCUT2D eigenvalue weighted by Gasteiger charge is -2.23. The molecule has 0 bridgehead atoms. The summed E-state index contributed by atoms with van der Waals surface area (Å²) in [5.41, 5.74) is 0.821. The van der Waals surface area contributed by atoms with Crippen LogP contribution in [0.5, 0.6) is 0 Å². The van der Waals surface area contributed by atoms with Crippen LogP contribution in [0.4, 0.5) is 4.79 Å². The van der Waals surface area contributed by atoms with Crippen molar-refractivity contribution in [2.75, 3.05) is 13.2 Å². The van der Waals surface area contributed by atoms with Gasteiger partial charge in [0.15, 0.2) is 0 Å². The number of hydrogen-bond acceptors (Lipinski definition) is 7. The fraction of sp³-hybridized carbons (Fsp3) is 0.471. The molecule has 2 atom stereocenters. The van der Waals surface area contributed by atoms with Gasteiger partial charge in [-0.15, -0.1) is 0 Å². The van der Waals surface area contributed by atoms with E-state index in [-0.39, 0.29) is 26.2 Å². The van der Waals surface area contributed by atoms with Gasteiger partial charge in [-0.3, -0.25) is 4.79 Å². The lowest BCUT2D eigenvalue weighted by Crippen LogP contribution is -2.49. The van der Waals surface area contributed by atoms with E-state index in [1.54, 1.807) is 13.8 Å². The third-order valence-corrected chi connectivity index (χ3v) is 5.81. The van der Waals surface area contributed by atoms with Crippen LogP contribution in [0, 0.1) is 0 Å². The third-order valence-electron chi connectivity index (χ3n) is 3.19. The predicted molar refractivity (Wildman–Crippen MR) is 107 cm³/mol. The molecule has 144 valence electrons. The zero-order valence-corrected chi connectivity index (χ0v) is 17.6. The number of carbonyl (C=O) groups is 3. The van der Waals surface area contributed by atoms with Crippen molar-refractivity contribution in [3.63, 3.8) is 0 Å². The van der Waals surface area contributed by atoms with Gasteiger partial charge in [-0.2, -0.15) is 0 Å². The maximum Gasteiger partial charge on any atom is 0.408 e. The summed E-state index contributed by atoms with van der Waals surface area (Å²) in [5.74, 6) is -1.07. The van der Waals surface area contributed by atoms with E-state index < -0.39 is 29.3 Å². The normalized spacial score (nSPS) is 12.6. The van der Waals surface area contributed by atoms with Gasteiger partial charge < -0.3 is 19.5 Å². The molecule has 0 radical (unpaired) electrons. The number of nitrogens with one attached hydrogen (secondary N) is 1. The second-order valence-corrected chi connectivity index (χ2v) is 7.38. The topological polar surface area (TPSA) is 90.9 Å². The Bertz CT molecular complexity index is 586. The first kappa shape index (κ1) is 22.6. The van der Waals surface area contributed by atoms with E-state index in [0.717, 1.165) is 5.56 Å². The molecule has 0 heterocycles. The Morgan fingerprint density at radius 2 is 1.73 bits per heavy atom. The first-order valence-electron chi connectivity index (χ1n) is 8.08. The largest absolute Gasteiger partial charge is 0.466 e. The first-order valence-corrected chi connectivity index (χ1v) is 11.5. The molecule has 0 fully saturated rings. The molecule has 1 amide bonds. The number of alkyl carbamates (subject to hydrolysis) is 1. The second kappa shape index (κ2) is 12.8. The average Bonchev–Trinajstić information content (AvgIpc) is 2.64. The zero-order valence-electron chi connectivity index (χ0n) is 14.6. The van der Waals surface area contributed by atoms with Crippen LogP contribution >= 0.6 is 30.1 Å². The van der Waals surface area contributed by atoms with E-state index in [0.29, 0.717) is 0 Å². The Balaban J connectivity index is 2.72. The molecule has 0 aliphatic carbocycles. The van der Waals surface area contributed by atoms with Gasteiger partial charge in [0.05, 0.1) is 24.9 Å². The first-order chi connectivity index (χ1) is 12.5. The lowest BCUT2D eigenvalue weighted by atomic mass is 10.1. The van der Waals surface area contributed by atoms with Gasteiger partial charge >= 0.3 is 18.0 Å². The highest BCUT2D eigenvalue weighted by atomic mass is 127.